The van der Waals surface area contributed by atoms with Gasteiger partial charge in [-0.15, -0.1) is 0 Å². The summed E-state index contributed by atoms with van der Waals surface area (Å²) in [4.78, 5) is 0.0151. The highest BCUT2D eigenvalue weighted by Crippen LogP contribution is 2.29. The molecule has 0 heterocycles. The number of benzene rings is 1. The van der Waals surface area contributed by atoms with Crippen LogP contribution in [0, 0.1) is 0 Å². The van der Waals surface area contributed by atoms with Gasteiger partial charge in [0.05, 0.1) is 9.37 Å². The molecular formula is C9H7BrCl2O3S. The van der Waals surface area contributed by atoms with Crippen LogP contribution in [-0.4, -0.2) is 15.0 Å². The first-order chi connectivity index (χ1) is 7.45. The van der Waals surface area contributed by atoms with Gasteiger partial charge in [0.25, 0.3) is 9.05 Å². The van der Waals surface area contributed by atoms with E-state index >= 15 is 0 Å². The van der Waals surface area contributed by atoms with Gasteiger partial charge in [0.2, 0.25) is 0 Å². The fraction of sp³-hybridized carbons (Fsp3) is 0.111. The SMILES string of the molecule is O=S(=O)(Cl)c1ccc(OC/C=C/Cl)c(Br)c1. The molecule has 0 saturated heterocycles. The molecule has 1 rings (SSSR count). The maximum absolute atomic E-state index is 11.0. The normalized spacial score (nSPS) is 11.9. The van der Waals surface area contributed by atoms with E-state index in [2.05, 4.69) is 15.9 Å². The zero-order chi connectivity index (χ0) is 12.2. The van der Waals surface area contributed by atoms with Gasteiger partial charge in [-0.25, -0.2) is 8.42 Å². The average Bonchev–Trinajstić information content (AvgIpc) is 2.19. The molecule has 3 nitrogen and oxygen atoms in total. The average molecular weight is 346 g/mol. The van der Waals surface area contributed by atoms with E-state index in [1.54, 1.807) is 6.08 Å². The van der Waals surface area contributed by atoms with Gasteiger partial charge in [0.15, 0.2) is 0 Å². The fourth-order valence-electron chi connectivity index (χ4n) is 0.925. The monoisotopic (exact) mass is 344 g/mol. The lowest BCUT2D eigenvalue weighted by molar-refractivity contribution is 0.360. The molecule has 0 saturated carbocycles. The molecule has 7 heteroatoms. The summed E-state index contributed by atoms with van der Waals surface area (Å²) in [6.07, 6.45) is 1.61. The molecular weight excluding hydrogens is 339 g/mol. The standard InChI is InChI=1S/C9H7BrCl2O3S/c10-8-6-7(16(12,13)14)2-3-9(8)15-5-1-4-11/h1-4,6H,5H2/b4-1+. The molecule has 0 atom stereocenters. The minimum atomic E-state index is -3.72. The molecule has 0 N–H and O–H groups in total. The van der Waals surface area contributed by atoms with Crippen LogP contribution in [0.1, 0.15) is 0 Å². The Morgan fingerprint density at radius 2 is 2.12 bits per heavy atom. The van der Waals surface area contributed by atoms with Crippen molar-refractivity contribution in [3.8, 4) is 5.75 Å². The largest absolute Gasteiger partial charge is 0.488 e. The molecule has 0 unspecified atom stereocenters. The number of ether oxygens (including phenoxy) is 1. The van der Waals surface area contributed by atoms with Crippen molar-refractivity contribution in [1.82, 2.24) is 0 Å². The van der Waals surface area contributed by atoms with Crippen LogP contribution in [0.25, 0.3) is 0 Å². The second-order valence-corrected chi connectivity index (χ2v) is 6.38. The number of hydrogen-bond donors (Lipinski definition) is 0. The second-order valence-electron chi connectivity index (χ2n) is 2.70. The summed E-state index contributed by atoms with van der Waals surface area (Å²) in [5.41, 5.74) is 1.34. The van der Waals surface area contributed by atoms with Gasteiger partial charge in [-0.05, 0) is 40.2 Å². The summed E-state index contributed by atoms with van der Waals surface area (Å²) in [6, 6.07) is 4.26. The van der Waals surface area contributed by atoms with Crippen LogP contribution in [0.4, 0.5) is 0 Å². The Morgan fingerprint density at radius 3 is 2.62 bits per heavy atom. The molecule has 0 spiro atoms. The Labute approximate surface area is 112 Å². The second kappa shape index (κ2) is 5.91. The van der Waals surface area contributed by atoms with Crippen LogP contribution in [0.2, 0.25) is 0 Å². The highest BCUT2D eigenvalue weighted by molar-refractivity contribution is 9.10. The summed E-state index contributed by atoms with van der Waals surface area (Å²) in [5, 5.41) is 0. The van der Waals surface area contributed by atoms with E-state index in [0.29, 0.717) is 16.8 Å². The predicted octanol–water partition coefficient (Wildman–Crippen LogP) is 3.51. The van der Waals surface area contributed by atoms with Crippen LogP contribution in [0.5, 0.6) is 5.75 Å². The van der Waals surface area contributed by atoms with Crippen molar-refractivity contribution in [3.63, 3.8) is 0 Å². The highest BCUT2D eigenvalue weighted by atomic mass is 79.9. The third-order valence-corrected chi connectivity index (χ3v) is 3.76. The molecule has 1 aromatic carbocycles. The summed E-state index contributed by atoms with van der Waals surface area (Å²) in [7, 11) is 1.48. The minimum absolute atomic E-state index is 0.0151. The van der Waals surface area contributed by atoms with E-state index in [4.69, 9.17) is 27.0 Å². The van der Waals surface area contributed by atoms with Gasteiger partial charge in [0, 0.05) is 16.2 Å². The molecule has 0 bridgehead atoms. The van der Waals surface area contributed by atoms with Crippen molar-refractivity contribution in [3.05, 3.63) is 34.3 Å². The fourth-order valence-corrected chi connectivity index (χ4v) is 2.42. The van der Waals surface area contributed by atoms with Crippen molar-refractivity contribution in [1.29, 1.82) is 0 Å². The Hall–Kier alpha value is -0.230. The van der Waals surface area contributed by atoms with Gasteiger partial charge in [0.1, 0.15) is 12.4 Å². The van der Waals surface area contributed by atoms with E-state index in [-0.39, 0.29) is 4.90 Å². The van der Waals surface area contributed by atoms with Gasteiger partial charge in [-0.2, -0.15) is 0 Å². The molecule has 0 aliphatic carbocycles. The molecule has 0 aliphatic heterocycles. The van der Waals surface area contributed by atoms with Gasteiger partial charge >= 0.3 is 0 Å². The molecule has 88 valence electrons. The quantitative estimate of drug-likeness (QED) is 0.784. The maximum atomic E-state index is 11.0. The predicted molar refractivity (Wildman–Crippen MR) is 67.7 cm³/mol. The molecule has 0 fully saturated rings. The van der Waals surface area contributed by atoms with Crippen molar-refractivity contribution in [2.45, 2.75) is 4.90 Å². The van der Waals surface area contributed by atoms with Crippen molar-refractivity contribution in [2.75, 3.05) is 6.61 Å². The molecule has 0 aromatic heterocycles. The lowest BCUT2D eigenvalue weighted by atomic mass is 10.3. The van der Waals surface area contributed by atoms with E-state index in [1.165, 1.54) is 23.7 Å². The minimum Gasteiger partial charge on any atom is -0.488 e. The summed E-state index contributed by atoms with van der Waals surface area (Å²) >= 11 is 8.51. The van der Waals surface area contributed by atoms with E-state index in [9.17, 15) is 8.42 Å². The third kappa shape index (κ3) is 3.97. The van der Waals surface area contributed by atoms with Gasteiger partial charge in [-0.1, -0.05) is 11.6 Å². The Bertz CT molecular complexity index is 499. The first kappa shape index (κ1) is 13.8. The lowest BCUT2D eigenvalue weighted by Gasteiger charge is -2.06. The highest BCUT2D eigenvalue weighted by Gasteiger charge is 2.12. The van der Waals surface area contributed by atoms with E-state index in [0.717, 1.165) is 0 Å². The van der Waals surface area contributed by atoms with Crippen molar-refractivity contribution >= 4 is 47.3 Å². The molecule has 0 aliphatic rings. The van der Waals surface area contributed by atoms with Crippen molar-refractivity contribution in [2.24, 2.45) is 0 Å². The third-order valence-electron chi connectivity index (χ3n) is 1.61. The topological polar surface area (TPSA) is 43.4 Å². The maximum Gasteiger partial charge on any atom is 0.261 e. The van der Waals surface area contributed by atoms with Gasteiger partial charge < -0.3 is 4.74 Å². The van der Waals surface area contributed by atoms with Crippen LogP contribution >= 0.6 is 38.2 Å². The zero-order valence-electron chi connectivity index (χ0n) is 7.86. The van der Waals surface area contributed by atoms with Gasteiger partial charge in [-0.3, -0.25) is 0 Å². The van der Waals surface area contributed by atoms with Crippen LogP contribution in [0.15, 0.2) is 39.2 Å². The van der Waals surface area contributed by atoms with E-state index < -0.39 is 9.05 Å². The first-order valence-electron chi connectivity index (χ1n) is 4.07. The Balaban J connectivity index is 2.92. The summed E-state index contributed by atoms with van der Waals surface area (Å²) < 4.78 is 27.9. The van der Waals surface area contributed by atoms with Crippen molar-refractivity contribution < 1.29 is 13.2 Å². The number of halogens is 3. The zero-order valence-corrected chi connectivity index (χ0v) is 11.8. The molecule has 0 radical (unpaired) electrons. The number of hydrogen-bond acceptors (Lipinski definition) is 3. The first-order valence-corrected chi connectivity index (χ1v) is 7.61. The lowest BCUT2D eigenvalue weighted by Crippen LogP contribution is -1.96. The number of rotatable bonds is 4. The Morgan fingerprint density at radius 1 is 1.44 bits per heavy atom. The van der Waals surface area contributed by atoms with Crippen LogP contribution in [-0.2, 0) is 9.05 Å². The van der Waals surface area contributed by atoms with Crippen LogP contribution < -0.4 is 4.74 Å². The molecule has 16 heavy (non-hydrogen) atoms. The van der Waals surface area contributed by atoms with Crippen LogP contribution in [0.3, 0.4) is 0 Å². The Kier molecular flexibility index (Phi) is 5.11. The summed E-state index contributed by atoms with van der Waals surface area (Å²) in [5.74, 6) is 0.513. The van der Waals surface area contributed by atoms with E-state index in [1.807, 2.05) is 0 Å². The smallest absolute Gasteiger partial charge is 0.261 e. The molecule has 1 aromatic rings. The summed E-state index contributed by atoms with van der Waals surface area (Å²) in [6.45, 7) is 0.301. The molecule has 0 amide bonds.